The largest absolute Gasteiger partial charge is 0.355 e. The van der Waals surface area contributed by atoms with Crippen LogP contribution in [-0.4, -0.2) is 43.1 Å². The molecule has 0 saturated carbocycles. The third-order valence-electron chi connectivity index (χ3n) is 3.85. The normalized spacial score (nSPS) is 22.5. The molecule has 0 amide bonds. The third kappa shape index (κ3) is 1.77. The van der Waals surface area contributed by atoms with Crippen LogP contribution >= 0.6 is 0 Å². The maximum absolute atomic E-state index is 8.84. The summed E-state index contributed by atoms with van der Waals surface area (Å²) in [6, 6.07) is 7.75. The molecular weight excluding hydrogens is 212 g/mol. The Morgan fingerprint density at radius 3 is 2.82 bits per heavy atom. The third-order valence-corrected chi connectivity index (χ3v) is 3.85. The second-order valence-corrected chi connectivity index (χ2v) is 5.34. The number of rotatable bonds is 1. The molecule has 1 spiro atoms. The van der Waals surface area contributed by atoms with E-state index in [9.17, 15) is 0 Å². The molecule has 0 radical (unpaired) electrons. The highest BCUT2D eigenvalue weighted by atomic mass is 15.3. The maximum Gasteiger partial charge on any atom is 0.142 e. The van der Waals surface area contributed by atoms with Crippen molar-refractivity contribution in [2.45, 2.75) is 6.42 Å². The predicted molar refractivity (Wildman–Crippen MR) is 65.7 cm³/mol. The van der Waals surface area contributed by atoms with Crippen molar-refractivity contribution < 1.29 is 0 Å². The Morgan fingerprint density at radius 1 is 1.35 bits per heavy atom. The number of nitrogens with zero attached hydrogens (tertiary/aromatic N) is 4. The van der Waals surface area contributed by atoms with Gasteiger partial charge in [0.1, 0.15) is 17.6 Å². The summed E-state index contributed by atoms with van der Waals surface area (Å²) < 4.78 is 0. The summed E-state index contributed by atoms with van der Waals surface area (Å²) in [5.74, 6) is 0.948. The van der Waals surface area contributed by atoms with Gasteiger partial charge in [-0.1, -0.05) is 6.07 Å². The number of likely N-dealkylation sites (tertiary alicyclic amines) is 1. The first-order chi connectivity index (χ1) is 8.21. The van der Waals surface area contributed by atoms with Crippen molar-refractivity contribution in [2.75, 3.05) is 38.1 Å². The molecule has 4 nitrogen and oxygen atoms in total. The molecule has 2 aliphatic rings. The molecule has 2 saturated heterocycles. The zero-order valence-electron chi connectivity index (χ0n) is 10.1. The molecule has 3 heterocycles. The Bertz CT molecular complexity index is 471. The smallest absolute Gasteiger partial charge is 0.142 e. The Morgan fingerprint density at radius 2 is 2.18 bits per heavy atom. The van der Waals surface area contributed by atoms with Gasteiger partial charge < -0.3 is 9.80 Å². The first-order valence-corrected chi connectivity index (χ1v) is 6.01. The van der Waals surface area contributed by atoms with E-state index in [1.807, 2.05) is 12.1 Å². The van der Waals surface area contributed by atoms with Crippen molar-refractivity contribution in [3.8, 4) is 6.07 Å². The zero-order valence-corrected chi connectivity index (χ0v) is 10.1. The van der Waals surface area contributed by atoms with Crippen LogP contribution in [0.15, 0.2) is 18.2 Å². The van der Waals surface area contributed by atoms with Crippen molar-refractivity contribution in [3.63, 3.8) is 0 Å². The fourth-order valence-electron chi connectivity index (χ4n) is 3.00. The van der Waals surface area contributed by atoms with E-state index in [4.69, 9.17) is 5.26 Å². The highest BCUT2D eigenvalue weighted by Gasteiger charge is 2.47. The molecule has 4 heteroatoms. The molecule has 17 heavy (non-hydrogen) atoms. The van der Waals surface area contributed by atoms with Gasteiger partial charge in [0.05, 0.1) is 0 Å². The van der Waals surface area contributed by atoms with Crippen LogP contribution < -0.4 is 4.90 Å². The van der Waals surface area contributed by atoms with Gasteiger partial charge in [0.15, 0.2) is 0 Å². The van der Waals surface area contributed by atoms with E-state index in [1.165, 1.54) is 19.5 Å². The van der Waals surface area contributed by atoms with Gasteiger partial charge in [0.25, 0.3) is 0 Å². The summed E-state index contributed by atoms with van der Waals surface area (Å²) in [4.78, 5) is 9.02. The van der Waals surface area contributed by atoms with Crippen LogP contribution in [-0.2, 0) is 0 Å². The standard InChI is InChI=1S/C13H16N4/c1-16-6-5-13(8-16)9-17(10-13)12-4-2-3-11(7-14)15-12/h2-4H,5-6,8-10H2,1H3. The highest BCUT2D eigenvalue weighted by Crippen LogP contribution is 2.40. The first-order valence-electron chi connectivity index (χ1n) is 6.01. The average molecular weight is 228 g/mol. The molecule has 0 aromatic carbocycles. The maximum atomic E-state index is 8.84. The van der Waals surface area contributed by atoms with E-state index >= 15 is 0 Å². The lowest BCUT2D eigenvalue weighted by molar-refractivity contribution is 0.216. The average Bonchev–Trinajstić information content (AvgIpc) is 2.70. The number of anilines is 1. The minimum atomic E-state index is 0.485. The zero-order chi connectivity index (χ0) is 11.9. The number of nitriles is 1. The molecule has 0 bridgehead atoms. The molecule has 0 N–H and O–H groups in total. The summed E-state index contributed by atoms with van der Waals surface area (Å²) in [5.41, 5.74) is 0.992. The number of hydrogen-bond acceptors (Lipinski definition) is 4. The number of hydrogen-bond donors (Lipinski definition) is 0. The van der Waals surface area contributed by atoms with Crippen molar-refractivity contribution in [3.05, 3.63) is 23.9 Å². The van der Waals surface area contributed by atoms with Gasteiger partial charge in [-0.15, -0.1) is 0 Å². The fourth-order valence-corrected chi connectivity index (χ4v) is 3.00. The summed E-state index contributed by atoms with van der Waals surface area (Å²) >= 11 is 0. The van der Waals surface area contributed by atoms with Gasteiger partial charge in [-0.25, -0.2) is 4.98 Å². The van der Waals surface area contributed by atoms with E-state index in [0.29, 0.717) is 11.1 Å². The van der Waals surface area contributed by atoms with Gasteiger partial charge >= 0.3 is 0 Å². The van der Waals surface area contributed by atoms with Crippen LogP contribution in [0.25, 0.3) is 0 Å². The molecule has 0 atom stereocenters. The van der Waals surface area contributed by atoms with E-state index in [1.54, 1.807) is 6.07 Å². The minimum absolute atomic E-state index is 0.485. The quantitative estimate of drug-likeness (QED) is 0.722. The van der Waals surface area contributed by atoms with E-state index in [-0.39, 0.29) is 0 Å². The molecule has 0 unspecified atom stereocenters. The van der Waals surface area contributed by atoms with Crippen LogP contribution in [0.1, 0.15) is 12.1 Å². The second kappa shape index (κ2) is 3.71. The van der Waals surface area contributed by atoms with Crippen molar-refractivity contribution in [1.29, 1.82) is 5.26 Å². The van der Waals surface area contributed by atoms with Crippen LogP contribution in [0.3, 0.4) is 0 Å². The van der Waals surface area contributed by atoms with E-state index in [2.05, 4.69) is 27.9 Å². The lowest BCUT2D eigenvalue weighted by Crippen LogP contribution is -2.57. The van der Waals surface area contributed by atoms with Crippen molar-refractivity contribution in [1.82, 2.24) is 9.88 Å². The fraction of sp³-hybridized carbons (Fsp3) is 0.538. The molecule has 1 aromatic heterocycles. The molecular formula is C13H16N4. The lowest BCUT2D eigenvalue weighted by atomic mass is 9.79. The Labute approximate surface area is 101 Å². The van der Waals surface area contributed by atoms with Gasteiger partial charge in [-0.2, -0.15) is 5.26 Å². The molecule has 1 aromatic rings. The molecule has 2 aliphatic heterocycles. The topological polar surface area (TPSA) is 43.2 Å². The molecule has 88 valence electrons. The highest BCUT2D eigenvalue weighted by molar-refractivity contribution is 5.45. The van der Waals surface area contributed by atoms with E-state index in [0.717, 1.165) is 18.9 Å². The SMILES string of the molecule is CN1CCC2(C1)CN(c1cccc(C#N)n1)C2. The lowest BCUT2D eigenvalue weighted by Gasteiger charge is -2.48. The summed E-state index contributed by atoms with van der Waals surface area (Å²) in [5, 5.41) is 8.84. The number of pyridine rings is 1. The van der Waals surface area contributed by atoms with Crippen LogP contribution in [0, 0.1) is 16.7 Å². The minimum Gasteiger partial charge on any atom is -0.355 e. The van der Waals surface area contributed by atoms with Crippen molar-refractivity contribution in [2.24, 2.45) is 5.41 Å². The van der Waals surface area contributed by atoms with Gasteiger partial charge in [0, 0.05) is 25.0 Å². The Balaban J connectivity index is 1.71. The van der Waals surface area contributed by atoms with E-state index < -0.39 is 0 Å². The Kier molecular flexibility index (Phi) is 2.30. The van der Waals surface area contributed by atoms with Gasteiger partial charge in [0.2, 0.25) is 0 Å². The monoisotopic (exact) mass is 228 g/mol. The van der Waals surface area contributed by atoms with Crippen LogP contribution in [0.2, 0.25) is 0 Å². The predicted octanol–water partition coefficient (Wildman–Crippen LogP) is 1.10. The second-order valence-electron chi connectivity index (χ2n) is 5.34. The summed E-state index contributed by atoms with van der Waals surface area (Å²) in [6.45, 7) is 4.57. The van der Waals surface area contributed by atoms with Crippen LogP contribution in [0.5, 0.6) is 0 Å². The van der Waals surface area contributed by atoms with Crippen molar-refractivity contribution >= 4 is 5.82 Å². The summed E-state index contributed by atoms with van der Waals surface area (Å²) in [7, 11) is 2.19. The molecule has 3 rings (SSSR count). The van der Waals surface area contributed by atoms with Gasteiger partial charge in [-0.05, 0) is 32.1 Å². The Hall–Kier alpha value is -1.60. The number of aromatic nitrogens is 1. The first kappa shape index (κ1) is 10.5. The molecule has 0 aliphatic carbocycles. The van der Waals surface area contributed by atoms with Crippen LogP contribution in [0.4, 0.5) is 5.82 Å². The summed E-state index contributed by atoms with van der Waals surface area (Å²) in [6.07, 6.45) is 1.29. The van der Waals surface area contributed by atoms with Gasteiger partial charge in [-0.3, -0.25) is 0 Å². The molecule has 2 fully saturated rings.